The van der Waals surface area contributed by atoms with E-state index in [9.17, 15) is 14.0 Å². The molecule has 5 nitrogen and oxygen atoms in total. The fraction of sp³-hybridized carbons (Fsp3) is 0.125. The van der Waals surface area contributed by atoms with E-state index in [1.54, 1.807) is 30.3 Å². The maximum atomic E-state index is 12.8. The van der Waals surface area contributed by atoms with E-state index in [0.29, 0.717) is 17.6 Å². The fourth-order valence-corrected chi connectivity index (χ4v) is 2.16. The standard InChI is InChI=1S/C16H13FN2O3/c17-12-4-1-10(2-5-12)8-15(20)18-9-11-3-6-14-13(7-11)19-16(21)22-14/h1-7H,8-9H2,(H,18,20)(H,19,21). The molecule has 0 atom stereocenters. The minimum atomic E-state index is -0.507. The largest absolute Gasteiger partial charge is 0.417 e. The fourth-order valence-electron chi connectivity index (χ4n) is 2.16. The topological polar surface area (TPSA) is 75.1 Å². The molecule has 0 aliphatic heterocycles. The third-order valence-electron chi connectivity index (χ3n) is 3.25. The molecule has 1 aromatic heterocycles. The molecule has 0 saturated heterocycles. The SMILES string of the molecule is O=C(Cc1ccc(F)cc1)NCc1ccc2oc(=O)[nH]c2c1. The van der Waals surface area contributed by atoms with Crippen molar-refractivity contribution in [3.8, 4) is 0 Å². The first-order chi connectivity index (χ1) is 10.6. The molecule has 6 heteroatoms. The van der Waals surface area contributed by atoms with Gasteiger partial charge in [-0.15, -0.1) is 0 Å². The summed E-state index contributed by atoms with van der Waals surface area (Å²) in [6.07, 6.45) is 0.186. The second kappa shape index (κ2) is 5.85. The highest BCUT2D eigenvalue weighted by Crippen LogP contribution is 2.12. The van der Waals surface area contributed by atoms with Crippen LogP contribution in [0.1, 0.15) is 11.1 Å². The number of rotatable bonds is 4. The molecule has 3 aromatic rings. The smallest absolute Gasteiger partial charge is 0.408 e. The molecule has 0 bridgehead atoms. The number of oxazole rings is 1. The van der Waals surface area contributed by atoms with Crippen LogP contribution < -0.4 is 11.1 Å². The summed E-state index contributed by atoms with van der Waals surface area (Å²) in [6, 6.07) is 11.0. The molecule has 3 rings (SSSR count). The number of H-pyrrole nitrogens is 1. The van der Waals surface area contributed by atoms with Gasteiger partial charge in [-0.3, -0.25) is 9.78 Å². The quantitative estimate of drug-likeness (QED) is 0.775. The zero-order valence-corrected chi connectivity index (χ0v) is 11.6. The van der Waals surface area contributed by atoms with Crippen molar-refractivity contribution in [1.29, 1.82) is 0 Å². The molecule has 0 aliphatic rings. The van der Waals surface area contributed by atoms with Gasteiger partial charge in [0.15, 0.2) is 5.58 Å². The van der Waals surface area contributed by atoms with Gasteiger partial charge in [-0.1, -0.05) is 18.2 Å². The maximum Gasteiger partial charge on any atom is 0.417 e. The number of amides is 1. The summed E-state index contributed by atoms with van der Waals surface area (Å²) in [6.45, 7) is 0.336. The molecule has 2 aromatic carbocycles. The summed E-state index contributed by atoms with van der Waals surface area (Å²) in [4.78, 5) is 25.5. The monoisotopic (exact) mass is 300 g/mol. The first kappa shape index (κ1) is 14.1. The number of aromatic amines is 1. The Morgan fingerprint density at radius 2 is 1.86 bits per heavy atom. The van der Waals surface area contributed by atoms with Gasteiger partial charge < -0.3 is 9.73 Å². The zero-order chi connectivity index (χ0) is 15.5. The second-order valence-electron chi connectivity index (χ2n) is 4.93. The summed E-state index contributed by atoms with van der Waals surface area (Å²) in [7, 11) is 0. The molecular formula is C16H13FN2O3. The van der Waals surface area contributed by atoms with E-state index in [0.717, 1.165) is 11.1 Å². The van der Waals surface area contributed by atoms with Crippen molar-refractivity contribution in [2.45, 2.75) is 13.0 Å². The number of halogens is 1. The molecule has 22 heavy (non-hydrogen) atoms. The van der Waals surface area contributed by atoms with E-state index in [-0.39, 0.29) is 18.1 Å². The molecule has 1 heterocycles. The van der Waals surface area contributed by atoms with Crippen LogP contribution in [0.2, 0.25) is 0 Å². The predicted molar refractivity (Wildman–Crippen MR) is 78.8 cm³/mol. The van der Waals surface area contributed by atoms with Gasteiger partial charge in [0.1, 0.15) is 5.82 Å². The van der Waals surface area contributed by atoms with Crippen LogP contribution in [-0.2, 0) is 17.8 Å². The van der Waals surface area contributed by atoms with Crippen molar-refractivity contribution < 1.29 is 13.6 Å². The number of benzene rings is 2. The highest BCUT2D eigenvalue weighted by atomic mass is 19.1. The number of carbonyl (C=O) groups is 1. The lowest BCUT2D eigenvalue weighted by Crippen LogP contribution is -2.24. The molecule has 0 radical (unpaired) electrons. The Hall–Kier alpha value is -2.89. The number of hydrogen-bond acceptors (Lipinski definition) is 3. The van der Waals surface area contributed by atoms with Crippen molar-refractivity contribution in [2.24, 2.45) is 0 Å². The Bertz CT molecular complexity index is 865. The molecule has 1 amide bonds. The average molecular weight is 300 g/mol. The lowest BCUT2D eigenvalue weighted by Gasteiger charge is -2.05. The van der Waals surface area contributed by atoms with Crippen LogP contribution in [0.15, 0.2) is 51.7 Å². The minimum absolute atomic E-state index is 0.160. The third-order valence-corrected chi connectivity index (χ3v) is 3.25. The highest BCUT2D eigenvalue weighted by Gasteiger charge is 2.05. The molecule has 0 fully saturated rings. The average Bonchev–Trinajstić information content (AvgIpc) is 2.87. The van der Waals surface area contributed by atoms with E-state index in [4.69, 9.17) is 4.42 Å². The molecule has 112 valence electrons. The van der Waals surface area contributed by atoms with Crippen LogP contribution in [0.25, 0.3) is 11.1 Å². The van der Waals surface area contributed by atoms with Gasteiger partial charge in [0, 0.05) is 6.54 Å². The number of hydrogen-bond donors (Lipinski definition) is 2. The Kier molecular flexibility index (Phi) is 3.74. The van der Waals surface area contributed by atoms with Crippen molar-refractivity contribution in [3.63, 3.8) is 0 Å². The summed E-state index contributed by atoms with van der Waals surface area (Å²) in [5.74, 6) is -0.994. The van der Waals surface area contributed by atoms with Crippen LogP contribution in [0.5, 0.6) is 0 Å². The van der Waals surface area contributed by atoms with Gasteiger partial charge in [0.2, 0.25) is 5.91 Å². The van der Waals surface area contributed by atoms with Crippen LogP contribution >= 0.6 is 0 Å². The van der Waals surface area contributed by atoms with E-state index in [1.165, 1.54) is 12.1 Å². The normalized spacial score (nSPS) is 10.8. The molecule has 2 N–H and O–H groups in total. The molecule has 0 unspecified atom stereocenters. The van der Waals surface area contributed by atoms with E-state index in [1.807, 2.05) is 0 Å². The lowest BCUT2D eigenvalue weighted by atomic mass is 10.1. The Balaban J connectivity index is 1.61. The van der Waals surface area contributed by atoms with Gasteiger partial charge in [0.05, 0.1) is 11.9 Å². The second-order valence-corrected chi connectivity index (χ2v) is 4.93. The van der Waals surface area contributed by atoms with Crippen LogP contribution in [-0.4, -0.2) is 10.9 Å². The summed E-state index contributed by atoms with van der Waals surface area (Å²) in [5, 5.41) is 2.78. The molecule has 0 aliphatic carbocycles. The molecule has 0 spiro atoms. The van der Waals surface area contributed by atoms with Gasteiger partial charge in [0.25, 0.3) is 0 Å². The van der Waals surface area contributed by atoms with Gasteiger partial charge in [-0.25, -0.2) is 9.18 Å². The first-order valence-electron chi connectivity index (χ1n) is 6.73. The highest BCUT2D eigenvalue weighted by molar-refractivity contribution is 5.79. The summed E-state index contributed by atoms with van der Waals surface area (Å²) < 4.78 is 17.7. The van der Waals surface area contributed by atoms with Crippen molar-refractivity contribution in [2.75, 3.05) is 0 Å². The van der Waals surface area contributed by atoms with Gasteiger partial charge >= 0.3 is 5.76 Å². The van der Waals surface area contributed by atoms with Crippen LogP contribution in [0, 0.1) is 5.82 Å². The van der Waals surface area contributed by atoms with Crippen molar-refractivity contribution in [3.05, 3.63) is 70.0 Å². The first-order valence-corrected chi connectivity index (χ1v) is 6.73. The van der Waals surface area contributed by atoms with E-state index >= 15 is 0 Å². The minimum Gasteiger partial charge on any atom is -0.408 e. The summed E-state index contributed by atoms with van der Waals surface area (Å²) >= 11 is 0. The van der Waals surface area contributed by atoms with Gasteiger partial charge in [-0.05, 0) is 35.4 Å². The molecule has 0 saturated carbocycles. The lowest BCUT2D eigenvalue weighted by molar-refractivity contribution is -0.120. The maximum absolute atomic E-state index is 12.8. The summed E-state index contributed by atoms with van der Waals surface area (Å²) in [5.41, 5.74) is 2.66. The van der Waals surface area contributed by atoms with E-state index < -0.39 is 5.76 Å². The number of fused-ring (bicyclic) bond motifs is 1. The van der Waals surface area contributed by atoms with E-state index in [2.05, 4.69) is 10.3 Å². The van der Waals surface area contributed by atoms with Crippen LogP contribution in [0.3, 0.4) is 0 Å². The third kappa shape index (κ3) is 3.22. The number of carbonyl (C=O) groups excluding carboxylic acids is 1. The molecular weight excluding hydrogens is 287 g/mol. The number of nitrogens with one attached hydrogen (secondary N) is 2. The Morgan fingerprint density at radius 3 is 2.64 bits per heavy atom. The van der Waals surface area contributed by atoms with Gasteiger partial charge in [-0.2, -0.15) is 0 Å². The predicted octanol–water partition coefficient (Wildman–Crippen LogP) is 2.12. The van der Waals surface area contributed by atoms with Crippen molar-refractivity contribution in [1.82, 2.24) is 10.3 Å². The zero-order valence-electron chi connectivity index (χ0n) is 11.6. The Morgan fingerprint density at radius 1 is 1.14 bits per heavy atom. The van der Waals surface area contributed by atoms with Crippen LogP contribution in [0.4, 0.5) is 4.39 Å². The number of aromatic nitrogens is 1. The Labute approximate surface area is 124 Å². The van der Waals surface area contributed by atoms with Crippen molar-refractivity contribution >= 4 is 17.0 Å².